The van der Waals surface area contributed by atoms with Crippen molar-refractivity contribution in [1.29, 1.82) is 0 Å². The van der Waals surface area contributed by atoms with Crippen LogP contribution in [0, 0.1) is 6.07 Å². The van der Waals surface area contributed by atoms with Gasteiger partial charge in [0.1, 0.15) is 5.75 Å². The van der Waals surface area contributed by atoms with Gasteiger partial charge in [0.2, 0.25) is 0 Å². The Bertz CT molecular complexity index is 3110. The Hall–Kier alpha value is -6.09. The van der Waals surface area contributed by atoms with Gasteiger partial charge < -0.3 is 9.67 Å². The number of aromatic nitrogens is 3. The van der Waals surface area contributed by atoms with Crippen molar-refractivity contribution >= 4 is 21.8 Å². The van der Waals surface area contributed by atoms with Gasteiger partial charge in [0.05, 0.1) is 16.7 Å². The molecule has 0 saturated carbocycles. The fraction of sp³-hybridized carbons (Fsp3) is 0.207. The van der Waals surface area contributed by atoms with E-state index in [0.717, 1.165) is 72.8 Å². The molecule has 0 aliphatic heterocycles. The van der Waals surface area contributed by atoms with Crippen LogP contribution >= 0.6 is 0 Å². The van der Waals surface area contributed by atoms with Crippen LogP contribution in [0.3, 0.4) is 0 Å². The Kier molecular flexibility index (Phi) is 11.4. The summed E-state index contributed by atoms with van der Waals surface area (Å²) < 4.78 is 2.38. The number of rotatable bonds is 6. The van der Waals surface area contributed by atoms with Crippen LogP contribution in [0.4, 0.5) is 0 Å². The molecule has 4 nitrogen and oxygen atoms in total. The normalized spacial score (nSPS) is 12.1. The van der Waals surface area contributed by atoms with Gasteiger partial charge >= 0.3 is 0 Å². The molecule has 318 valence electrons. The van der Waals surface area contributed by atoms with E-state index in [1.807, 2.05) is 12.3 Å². The van der Waals surface area contributed by atoms with Crippen LogP contribution in [0.25, 0.3) is 83.5 Å². The average molecular weight is 1000 g/mol. The molecule has 3 aromatic heterocycles. The molecule has 0 atom stereocenters. The molecule has 0 spiro atoms. The molecule has 0 amide bonds. The van der Waals surface area contributed by atoms with E-state index < -0.39 is 0 Å². The fourth-order valence-electron chi connectivity index (χ4n) is 8.67. The molecule has 63 heavy (non-hydrogen) atoms. The largest absolute Gasteiger partial charge is 0.507 e. The minimum absolute atomic E-state index is 0. The summed E-state index contributed by atoms with van der Waals surface area (Å²) in [7, 11) is 0. The SMILES string of the molecule is CC(C)(C)c1cc(-c2cc(-c3[c-]c(-c4cc(-c5cccc6c7ccccc7n(-c7ccccc7)c56)ccn4)ccc3)nc(-c3c(O)cccc3C(C)(C)C)c2)cc(C(C)(C)C)c1.[Pt]. The molecular formula is C58H54N3OPt-. The zero-order valence-electron chi connectivity index (χ0n) is 37.6. The Morgan fingerprint density at radius 3 is 1.79 bits per heavy atom. The summed E-state index contributed by atoms with van der Waals surface area (Å²) in [5.74, 6) is 0.215. The number of pyridine rings is 2. The van der Waals surface area contributed by atoms with Gasteiger partial charge in [0, 0.05) is 66.2 Å². The summed E-state index contributed by atoms with van der Waals surface area (Å²) in [5, 5.41) is 14.0. The van der Waals surface area contributed by atoms with Crippen molar-refractivity contribution in [1.82, 2.24) is 14.5 Å². The summed E-state index contributed by atoms with van der Waals surface area (Å²) in [4.78, 5) is 10.3. The molecule has 0 saturated heterocycles. The van der Waals surface area contributed by atoms with Crippen LogP contribution in [0.2, 0.25) is 0 Å². The van der Waals surface area contributed by atoms with Gasteiger partial charge in [-0.05, 0) is 86.0 Å². The van der Waals surface area contributed by atoms with E-state index in [4.69, 9.17) is 9.97 Å². The third kappa shape index (κ3) is 8.42. The van der Waals surface area contributed by atoms with Crippen LogP contribution < -0.4 is 0 Å². The molecule has 0 unspecified atom stereocenters. The number of benzene rings is 6. The van der Waals surface area contributed by atoms with Crippen molar-refractivity contribution in [2.24, 2.45) is 0 Å². The maximum absolute atomic E-state index is 11.6. The van der Waals surface area contributed by atoms with Crippen LogP contribution in [0.1, 0.15) is 79.0 Å². The van der Waals surface area contributed by atoms with Crippen LogP contribution in [0.5, 0.6) is 5.75 Å². The van der Waals surface area contributed by atoms with Gasteiger partial charge in [-0.2, -0.15) is 0 Å². The number of hydrogen-bond donors (Lipinski definition) is 1. The van der Waals surface area contributed by atoms with E-state index in [-0.39, 0.29) is 43.1 Å². The average Bonchev–Trinajstić information content (AvgIpc) is 3.60. The molecule has 9 rings (SSSR count). The standard InChI is InChI=1S/C58H54N3O.Pt/c1-56(2,3)42-31-40(32-43(36-42)57(4,5)6)41-34-50(60-51(35-41)54-48(58(7,8)9)25-17-27-53(54)62)39-19-15-18-38(30-39)49-33-37(28-29-59-49)45-23-16-24-47-46-22-13-14-26-52(46)61(55(45)47)44-20-11-10-12-21-44;/h10-29,31-36,62H,1-9H3;/q-1;. The topological polar surface area (TPSA) is 50.9 Å². The van der Waals surface area contributed by atoms with E-state index in [2.05, 4.69) is 212 Å². The van der Waals surface area contributed by atoms with E-state index in [9.17, 15) is 5.11 Å². The zero-order chi connectivity index (χ0) is 43.6. The van der Waals surface area contributed by atoms with E-state index in [1.54, 1.807) is 6.07 Å². The predicted molar refractivity (Wildman–Crippen MR) is 260 cm³/mol. The Morgan fingerprint density at radius 1 is 0.508 bits per heavy atom. The Balaban J connectivity index is 0.00000544. The van der Waals surface area contributed by atoms with Crippen LogP contribution in [-0.4, -0.2) is 19.6 Å². The van der Waals surface area contributed by atoms with E-state index in [1.165, 1.54) is 27.4 Å². The number of para-hydroxylation sites is 3. The number of phenols is 1. The van der Waals surface area contributed by atoms with Crippen LogP contribution in [0.15, 0.2) is 158 Å². The third-order valence-electron chi connectivity index (χ3n) is 12.1. The second kappa shape index (κ2) is 16.6. The zero-order valence-corrected chi connectivity index (χ0v) is 39.9. The van der Waals surface area contributed by atoms with E-state index in [0.29, 0.717) is 0 Å². The van der Waals surface area contributed by atoms with Gasteiger partial charge in [-0.3, -0.25) is 9.97 Å². The predicted octanol–water partition coefficient (Wildman–Crippen LogP) is 15.3. The number of fused-ring (bicyclic) bond motifs is 3. The number of hydrogen-bond acceptors (Lipinski definition) is 3. The number of nitrogens with zero attached hydrogens (tertiary/aromatic N) is 3. The fourth-order valence-corrected chi connectivity index (χ4v) is 8.67. The summed E-state index contributed by atoms with van der Waals surface area (Å²) in [6.07, 6.45) is 1.90. The minimum atomic E-state index is -0.236. The molecule has 1 N–H and O–H groups in total. The molecule has 0 fully saturated rings. The Labute approximate surface area is 387 Å². The summed E-state index contributed by atoms with van der Waals surface area (Å²) in [6.45, 7) is 20.2. The number of phenolic OH excluding ortho intramolecular Hbond substituents is 1. The molecule has 0 radical (unpaired) electrons. The van der Waals surface area contributed by atoms with Crippen molar-refractivity contribution in [3.8, 4) is 67.5 Å². The molecule has 0 aliphatic rings. The smallest absolute Gasteiger partial charge is 0.125 e. The summed E-state index contributed by atoms with van der Waals surface area (Å²) in [6, 6.07) is 57.2. The van der Waals surface area contributed by atoms with E-state index >= 15 is 0 Å². The van der Waals surface area contributed by atoms with Gasteiger partial charge in [-0.15, -0.1) is 24.3 Å². The molecule has 3 heterocycles. The molecular weight excluding hydrogens is 950 g/mol. The Morgan fingerprint density at radius 2 is 1.10 bits per heavy atom. The maximum atomic E-state index is 11.6. The third-order valence-corrected chi connectivity index (χ3v) is 12.1. The number of aromatic hydroxyl groups is 1. The second-order valence-electron chi connectivity index (χ2n) is 19.7. The van der Waals surface area contributed by atoms with Crippen molar-refractivity contribution in [3.05, 3.63) is 181 Å². The minimum Gasteiger partial charge on any atom is -0.507 e. The van der Waals surface area contributed by atoms with Gasteiger partial charge in [0.25, 0.3) is 0 Å². The monoisotopic (exact) mass is 1000 g/mol. The molecule has 9 aromatic rings. The molecule has 0 aliphatic carbocycles. The van der Waals surface area contributed by atoms with Gasteiger partial charge in [0.15, 0.2) is 0 Å². The van der Waals surface area contributed by atoms with Crippen LogP contribution in [-0.2, 0) is 37.3 Å². The summed E-state index contributed by atoms with van der Waals surface area (Å²) in [5.41, 5.74) is 15.8. The van der Waals surface area contributed by atoms with Crippen molar-refractivity contribution in [2.75, 3.05) is 0 Å². The van der Waals surface area contributed by atoms with Gasteiger partial charge in [-0.25, -0.2) is 0 Å². The quantitative estimate of drug-likeness (QED) is 0.169. The first-order valence-corrected chi connectivity index (χ1v) is 21.6. The summed E-state index contributed by atoms with van der Waals surface area (Å²) >= 11 is 0. The van der Waals surface area contributed by atoms with Crippen molar-refractivity contribution < 1.29 is 26.2 Å². The van der Waals surface area contributed by atoms with Crippen molar-refractivity contribution in [2.45, 2.75) is 78.6 Å². The molecule has 5 heteroatoms. The first-order chi connectivity index (χ1) is 29.5. The van der Waals surface area contributed by atoms with Crippen molar-refractivity contribution in [3.63, 3.8) is 0 Å². The maximum Gasteiger partial charge on any atom is 0.125 e. The first-order valence-electron chi connectivity index (χ1n) is 21.6. The molecule has 6 aromatic carbocycles. The van der Waals surface area contributed by atoms with Gasteiger partial charge in [-0.1, -0.05) is 171 Å². The molecule has 0 bridgehead atoms. The second-order valence-corrected chi connectivity index (χ2v) is 19.7. The first kappa shape index (κ1) is 43.6.